The number of ether oxygens (including phenoxy) is 1. The summed E-state index contributed by atoms with van der Waals surface area (Å²) >= 11 is 0. The van der Waals surface area contributed by atoms with Gasteiger partial charge in [-0.1, -0.05) is 30.3 Å². The molecule has 1 unspecified atom stereocenters. The Balaban J connectivity index is 2.34. The van der Waals surface area contributed by atoms with E-state index in [9.17, 15) is 35.4 Å². The van der Waals surface area contributed by atoms with Crippen LogP contribution in [0.4, 0.5) is 0 Å². The molecule has 0 radical (unpaired) electrons. The zero-order valence-electron chi connectivity index (χ0n) is 14.0. The van der Waals surface area contributed by atoms with Crippen LogP contribution in [0.3, 0.4) is 0 Å². The zero-order valence-corrected chi connectivity index (χ0v) is 14.0. The highest BCUT2D eigenvalue weighted by Gasteiger charge is 2.63. The average Bonchev–Trinajstić information content (AvgIpc) is 2.61. The van der Waals surface area contributed by atoms with Gasteiger partial charge in [0.25, 0.3) is 0 Å². The maximum atomic E-state index is 11.2. The smallest absolute Gasteiger partial charge is 0.306 e. The average molecular weight is 372 g/mol. The van der Waals surface area contributed by atoms with E-state index in [1.54, 1.807) is 30.3 Å². The van der Waals surface area contributed by atoms with E-state index in [2.05, 4.69) is 0 Å². The molecule has 9 heteroatoms. The molecule has 0 amide bonds. The second-order valence-corrected chi connectivity index (χ2v) is 6.55. The summed E-state index contributed by atoms with van der Waals surface area (Å²) in [6.07, 6.45) is -8.56. The van der Waals surface area contributed by atoms with Gasteiger partial charge in [0.2, 0.25) is 5.79 Å². The molecule has 1 aliphatic rings. The summed E-state index contributed by atoms with van der Waals surface area (Å²) in [5, 5.41) is 70.1. The van der Waals surface area contributed by atoms with Crippen molar-refractivity contribution in [2.45, 2.75) is 55.1 Å². The number of benzene rings is 1. The van der Waals surface area contributed by atoms with Crippen molar-refractivity contribution in [2.75, 3.05) is 6.61 Å². The highest BCUT2D eigenvalue weighted by Crippen LogP contribution is 2.40. The molecule has 9 nitrogen and oxygen atoms in total. The molecule has 0 saturated carbocycles. The number of carboxylic acid groups (broad SMARTS) is 1. The molecule has 0 spiro atoms. The van der Waals surface area contributed by atoms with Gasteiger partial charge in [0.05, 0.1) is 13.0 Å². The SMILES string of the molecule is O=C(O)CC(O)(CCc1ccccc1)[C@@]1(O)O[C@H](CO)[C@@H](O)[C@H](O)[C@H]1O. The van der Waals surface area contributed by atoms with E-state index in [1.807, 2.05) is 0 Å². The fraction of sp³-hybridized carbons (Fsp3) is 0.588. The van der Waals surface area contributed by atoms with Gasteiger partial charge in [-0.05, 0) is 18.4 Å². The highest BCUT2D eigenvalue weighted by molar-refractivity contribution is 5.68. The van der Waals surface area contributed by atoms with Crippen LogP contribution in [0, 0.1) is 0 Å². The molecule has 2 rings (SSSR count). The third-order valence-electron chi connectivity index (χ3n) is 4.75. The normalized spacial score (nSPS) is 34.2. The number of aryl methyl sites for hydroxylation is 1. The minimum absolute atomic E-state index is 0.144. The van der Waals surface area contributed by atoms with Crippen molar-refractivity contribution in [3.63, 3.8) is 0 Å². The number of aliphatic hydroxyl groups excluding tert-OH is 4. The number of carbonyl (C=O) groups is 1. The minimum atomic E-state index is -2.91. The van der Waals surface area contributed by atoms with E-state index >= 15 is 0 Å². The topological polar surface area (TPSA) is 168 Å². The van der Waals surface area contributed by atoms with Gasteiger partial charge < -0.3 is 40.5 Å². The van der Waals surface area contributed by atoms with E-state index in [4.69, 9.17) is 9.84 Å². The number of rotatable bonds is 7. The Kier molecular flexibility index (Phi) is 6.35. The predicted octanol–water partition coefficient (Wildman–Crippen LogP) is -2.01. The molecule has 7 N–H and O–H groups in total. The molecule has 1 aromatic carbocycles. The summed E-state index contributed by atoms with van der Waals surface area (Å²) in [5.41, 5.74) is -1.76. The predicted molar refractivity (Wildman–Crippen MR) is 86.9 cm³/mol. The number of hydrogen-bond donors (Lipinski definition) is 7. The quantitative estimate of drug-likeness (QED) is 0.286. The standard InChI is InChI=1S/C17H24O9/c18-9-11-13(21)14(22)15(23)17(25,26-11)16(24,8-12(19)20)7-6-10-4-2-1-3-5-10/h1-5,11,13-15,18,21-25H,6-9H2,(H,19,20)/t11-,13-,14+,15-,16?,17+/m1/s1. The first kappa shape index (κ1) is 20.7. The zero-order chi connectivity index (χ0) is 19.5. The molecule has 146 valence electrons. The van der Waals surface area contributed by atoms with Gasteiger partial charge in [0.1, 0.15) is 30.0 Å². The van der Waals surface area contributed by atoms with Crippen LogP contribution in [-0.4, -0.2) is 84.1 Å². The molecular weight excluding hydrogens is 348 g/mol. The molecular formula is C17H24O9. The lowest BCUT2D eigenvalue weighted by Crippen LogP contribution is -2.73. The van der Waals surface area contributed by atoms with Crippen LogP contribution in [0.5, 0.6) is 0 Å². The maximum absolute atomic E-state index is 11.2. The Morgan fingerprint density at radius 3 is 2.31 bits per heavy atom. The van der Waals surface area contributed by atoms with Crippen LogP contribution in [0.25, 0.3) is 0 Å². The van der Waals surface area contributed by atoms with E-state index in [1.165, 1.54) is 0 Å². The van der Waals surface area contributed by atoms with Crippen molar-refractivity contribution >= 4 is 5.97 Å². The highest BCUT2D eigenvalue weighted by atomic mass is 16.7. The molecule has 1 saturated heterocycles. The van der Waals surface area contributed by atoms with Crippen LogP contribution in [0.1, 0.15) is 18.4 Å². The molecule has 0 aromatic heterocycles. The van der Waals surface area contributed by atoms with Crippen molar-refractivity contribution < 1.29 is 45.3 Å². The molecule has 6 atom stereocenters. The van der Waals surface area contributed by atoms with E-state index in [-0.39, 0.29) is 12.8 Å². The van der Waals surface area contributed by atoms with Gasteiger partial charge in [0, 0.05) is 0 Å². The summed E-state index contributed by atoms with van der Waals surface area (Å²) in [7, 11) is 0. The summed E-state index contributed by atoms with van der Waals surface area (Å²) in [4.78, 5) is 11.2. The summed E-state index contributed by atoms with van der Waals surface area (Å²) in [6.45, 7) is -0.824. The van der Waals surface area contributed by atoms with Gasteiger partial charge in [-0.3, -0.25) is 4.79 Å². The van der Waals surface area contributed by atoms with E-state index in [0.29, 0.717) is 0 Å². The number of hydrogen-bond acceptors (Lipinski definition) is 8. The Bertz CT molecular complexity index is 608. The Labute approximate surface area is 149 Å². The van der Waals surface area contributed by atoms with Crippen molar-refractivity contribution in [1.29, 1.82) is 0 Å². The van der Waals surface area contributed by atoms with Crippen molar-refractivity contribution in [3.05, 3.63) is 35.9 Å². The lowest BCUT2D eigenvalue weighted by atomic mass is 9.76. The first-order chi connectivity index (χ1) is 12.1. The second-order valence-electron chi connectivity index (χ2n) is 6.55. The van der Waals surface area contributed by atoms with Crippen molar-refractivity contribution in [2.24, 2.45) is 0 Å². The lowest BCUT2D eigenvalue weighted by Gasteiger charge is -2.52. The fourth-order valence-electron chi connectivity index (χ4n) is 3.18. The lowest BCUT2D eigenvalue weighted by molar-refractivity contribution is -0.401. The second kappa shape index (κ2) is 7.97. The molecule has 1 aliphatic heterocycles. The Morgan fingerprint density at radius 2 is 1.77 bits per heavy atom. The van der Waals surface area contributed by atoms with Crippen LogP contribution >= 0.6 is 0 Å². The fourth-order valence-corrected chi connectivity index (χ4v) is 3.18. The summed E-state index contributed by atoms with van der Waals surface area (Å²) in [6, 6.07) is 8.73. The molecule has 1 aromatic rings. The first-order valence-electron chi connectivity index (χ1n) is 8.18. The van der Waals surface area contributed by atoms with Crippen LogP contribution in [0.15, 0.2) is 30.3 Å². The molecule has 0 bridgehead atoms. The van der Waals surface area contributed by atoms with Gasteiger partial charge in [0.15, 0.2) is 0 Å². The van der Waals surface area contributed by atoms with Crippen molar-refractivity contribution in [1.82, 2.24) is 0 Å². The van der Waals surface area contributed by atoms with E-state index in [0.717, 1.165) is 5.56 Å². The third kappa shape index (κ3) is 3.89. The van der Waals surface area contributed by atoms with E-state index < -0.39 is 54.8 Å². The van der Waals surface area contributed by atoms with Crippen LogP contribution in [-0.2, 0) is 16.0 Å². The van der Waals surface area contributed by atoms with Crippen LogP contribution in [0.2, 0.25) is 0 Å². The van der Waals surface area contributed by atoms with Gasteiger partial charge >= 0.3 is 5.97 Å². The number of aliphatic carboxylic acids is 1. The Morgan fingerprint density at radius 1 is 1.15 bits per heavy atom. The molecule has 1 fully saturated rings. The molecule has 1 heterocycles. The number of aliphatic hydroxyl groups is 6. The van der Waals surface area contributed by atoms with Crippen LogP contribution < -0.4 is 0 Å². The van der Waals surface area contributed by atoms with Gasteiger partial charge in [-0.2, -0.15) is 0 Å². The summed E-state index contributed by atoms with van der Waals surface area (Å²) < 4.78 is 5.10. The Hall–Kier alpha value is -1.59. The minimum Gasteiger partial charge on any atom is -0.481 e. The first-order valence-corrected chi connectivity index (χ1v) is 8.18. The maximum Gasteiger partial charge on any atom is 0.306 e. The molecule has 0 aliphatic carbocycles. The van der Waals surface area contributed by atoms with Gasteiger partial charge in [-0.25, -0.2) is 0 Å². The summed E-state index contributed by atoms with van der Waals surface area (Å²) in [5.74, 6) is -4.38. The molecule has 26 heavy (non-hydrogen) atoms. The number of carboxylic acids is 1. The van der Waals surface area contributed by atoms with Gasteiger partial charge in [-0.15, -0.1) is 0 Å². The monoisotopic (exact) mass is 372 g/mol. The third-order valence-corrected chi connectivity index (χ3v) is 4.75. The largest absolute Gasteiger partial charge is 0.481 e. The van der Waals surface area contributed by atoms with Crippen molar-refractivity contribution in [3.8, 4) is 0 Å².